The lowest BCUT2D eigenvalue weighted by atomic mass is 10.2. The number of hydrogen-bond acceptors (Lipinski definition) is 5. The van der Waals surface area contributed by atoms with E-state index in [-0.39, 0.29) is 16.8 Å². The fourth-order valence-electron chi connectivity index (χ4n) is 3.07. The van der Waals surface area contributed by atoms with Crippen molar-refractivity contribution in [1.82, 2.24) is 14.5 Å². The summed E-state index contributed by atoms with van der Waals surface area (Å²) in [5, 5.41) is 3.01. The second-order valence-corrected chi connectivity index (χ2v) is 8.74. The largest absolute Gasteiger partial charge is 0.494 e. The minimum absolute atomic E-state index is 0.0373. The van der Waals surface area contributed by atoms with Crippen LogP contribution in [0.25, 0.3) is 0 Å². The first-order valence-corrected chi connectivity index (χ1v) is 10.6. The van der Waals surface area contributed by atoms with Gasteiger partial charge in [-0.1, -0.05) is 0 Å². The molecule has 1 aromatic carbocycles. The third kappa shape index (κ3) is 4.36. The van der Waals surface area contributed by atoms with E-state index in [0.29, 0.717) is 44.6 Å². The van der Waals surface area contributed by atoms with Gasteiger partial charge in [-0.2, -0.15) is 4.31 Å². The number of piperazine rings is 1. The van der Waals surface area contributed by atoms with E-state index in [4.69, 9.17) is 4.74 Å². The Morgan fingerprint density at radius 2 is 1.81 bits per heavy atom. The first-order valence-electron chi connectivity index (χ1n) is 9.19. The van der Waals surface area contributed by atoms with Crippen molar-refractivity contribution < 1.29 is 17.9 Å². The molecule has 7 nitrogen and oxygen atoms in total. The normalized spacial score (nSPS) is 20.5. The van der Waals surface area contributed by atoms with Crippen LogP contribution in [0.3, 0.4) is 0 Å². The van der Waals surface area contributed by atoms with Gasteiger partial charge in [0.05, 0.1) is 17.5 Å². The van der Waals surface area contributed by atoms with Gasteiger partial charge in [-0.3, -0.25) is 9.69 Å². The van der Waals surface area contributed by atoms with Gasteiger partial charge >= 0.3 is 0 Å². The number of nitrogens with one attached hydrogen (secondary N) is 1. The summed E-state index contributed by atoms with van der Waals surface area (Å²) in [5.41, 5.74) is 0. The van der Waals surface area contributed by atoms with E-state index in [2.05, 4.69) is 5.32 Å². The lowest BCUT2D eigenvalue weighted by molar-refractivity contribution is -0.126. The molecule has 1 N–H and O–H groups in total. The van der Waals surface area contributed by atoms with E-state index in [1.54, 1.807) is 24.3 Å². The standard InChI is InChI=1S/C18H27N3O4S/c1-3-25-16-6-8-17(9-7-16)26(23,24)21-12-10-20(11-13-21)14(2)18(22)19-15-4-5-15/h6-9,14-15H,3-5,10-13H2,1-2H3,(H,19,22). The van der Waals surface area contributed by atoms with E-state index in [1.165, 1.54) is 4.31 Å². The molecule has 0 radical (unpaired) electrons. The summed E-state index contributed by atoms with van der Waals surface area (Å²) in [5.74, 6) is 0.696. The molecule has 1 atom stereocenters. The molecule has 26 heavy (non-hydrogen) atoms. The van der Waals surface area contributed by atoms with Crippen LogP contribution in [-0.2, 0) is 14.8 Å². The molecule has 3 rings (SSSR count). The SMILES string of the molecule is CCOc1ccc(S(=O)(=O)N2CCN(C(C)C(=O)NC3CC3)CC2)cc1. The lowest BCUT2D eigenvalue weighted by Gasteiger charge is -2.36. The van der Waals surface area contributed by atoms with Gasteiger partial charge in [-0.25, -0.2) is 8.42 Å². The molecule has 1 unspecified atom stereocenters. The van der Waals surface area contributed by atoms with E-state index in [1.807, 2.05) is 18.7 Å². The Hall–Kier alpha value is -1.64. The maximum absolute atomic E-state index is 12.8. The number of sulfonamides is 1. The second kappa shape index (κ2) is 7.94. The van der Waals surface area contributed by atoms with E-state index in [0.717, 1.165) is 12.8 Å². The molecule has 0 bridgehead atoms. The molecular weight excluding hydrogens is 354 g/mol. The van der Waals surface area contributed by atoms with Crippen LogP contribution in [0.2, 0.25) is 0 Å². The first-order chi connectivity index (χ1) is 12.4. The number of hydrogen-bond donors (Lipinski definition) is 1. The minimum atomic E-state index is -3.52. The molecule has 2 fully saturated rings. The number of benzene rings is 1. The molecule has 2 aliphatic rings. The molecule has 1 aliphatic heterocycles. The highest BCUT2D eigenvalue weighted by atomic mass is 32.2. The quantitative estimate of drug-likeness (QED) is 0.764. The molecule has 1 amide bonds. The number of carbonyl (C=O) groups is 1. The summed E-state index contributed by atoms with van der Waals surface area (Å²) in [6, 6.07) is 6.63. The van der Waals surface area contributed by atoms with Crippen molar-refractivity contribution in [1.29, 1.82) is 0 Å². The van der Waals surface area contributed by atoms with Gasteiger partial charge in [0.1, 0.15) is 5.75 Å². The van der Waals surface area contributed by atoms with Crippen molar-refractivity contribution in [3.8, 4) is 5.75 Å². The van der Waals surface area contributed by atoms with Crippen molar-refractivity contribution in [2.24, 2.45) is 0 Å². The Morgan fingerprint density at radius 1 is 1.19 bits per heavy atom. The Bertz CT molecular complexity index is 723. The highest BCUT2D eigenvalue weighted by Crippen LogP contribution is 2.22. The highest BCUT2D eigenvalue weighted by molar-refractivity contribution is 7.89. The fourth-order valence-corrected chi connectivity index (χ4v) is 4.49. The molecule has 1 heterocycles. The van der Waals surface area contributed by atoms with Gasteiger partial charge in [0.2, 0.25) is 15.9 Å². The summed E-state index contributed by atoms with van der Waals surface area (Å²) in [6.45, 7) is 6.18. The minimum Gasteiger partial charge on any atom is -0.494 e. The molecule has 1 aromatic rings. The monoisotopic (exact) mass is 381 g/mol. The average molecular weight is 381 g/mol. The lowest BCUT2D eigenvalue weighted by Crippen LogP contribution is -2.55. The van der Waals surface area contributed by atoms with Gasteiger partial charge in [0.25, 0.3) is 0 Å². The van der Waals surface area contributed by atoms with E-state index >= 15 is 0 Å². The van der Waals surface area contributed by atoms with Crippen molar-refractivity contribution in [3.63, 3.8) is 0 Å². The maximum Gasteiger partial charge on any atom is 0.243 e. The summed E-state index contributed by atoms with van der Waals surface area (Å²) in [6.07, 6.45) is 2.12. The van der Waals surface area contributed by atoms with E-state index < -0.39 is 10.0 Å². The predicted octanol–water partition coefficient (Wildman–Crippen LogP) is 1.06. The average Bonchev–Trinajstić information content (AvgIpc) is 3.46. The predicted molar refractivity (Wildman–Crippen MR) is 98.6 cm³/mol. The van der Waals surface area contributed by atoms with Crippen molar-refractivity contribution >= 4 is 15.9 Å². The topological polar surface area (TPSA) is 79.0 Å². The first kappa shape index (κ1) is 19.1. The zero-order chi connectivity index (χ0) is 18.7. The van der Waals surface area contributed by atoms with Gasteiger partial charge < -0.3 is 10.1 Å². The van der Waals surface area contributed by atoms with Crippen molar-refractivity contribution in [2.45, 2.75) is 43.7 Å². The van der Waals surface area contributed by atoms with Gasteiger partial charge in [0, 0.05) is 32.2 Å². The number of rotatable bonds is 7. The Kier molecular flexibility index (Phi) is 5.84. The highest BCUT2D eigenvalue weighted by Gasteiger charge is 2.33. The molecular formula is C18H27N3O4S. The van der Waals surface area contributed by atoms with Crippen LogP contribution in [0.1, 0.15) is 26.7 Å². The number of amides is 1. The van der Waals surface area contributed by atoms with Crippen molar-refractivity contribution in [3.05, 3.63) is 24.3 Å². The zero-order valence-electron chi connectivity index (χ0n) is 15.3. The summed E-state index contributed by atoms with van der Waals surface area (Å²) < 4.78 is 32.5. The van der Waals surface area contributed by atoms with Crippen LogP contribution in [0.5, 0.6) is 5.75 Å². The van der Waals surface area contributed by atoms with Gasteiger partial charge in [0.15, 0.2) is 0 Å². The van der Waals surface area contributed by atoms with E-state index in [9.17, 15) is 13.2 Å². The third-order valence-corrected chi connectivity index (χ3v) is 6.81. The van der Waals surface area contributed by atoms with Crippen LogP contribution in [0.15, 0.2) is 29.2 Å². The molecule has 0 aromatic heterocycles. The van der Waals surface area contributed by atoms with Gasteiger partial charge in [-0.05, 0) is 51.0 Å². The molecule has 144 valence electrons. The van der Waals surface area contributed by atoms with Crippen LogP contribution in [-0.4, -0.2) is 68.4 Å². The molecule has 0 spiro atoms. The number of nitrogens with zero attached hydrogens (tertiary/aromatic N) is 2. The number of carbonyl (C=O) groups excluding carboxylic acids is 1. The van der Waals surface area contributed by atoms with Crippen LogP contribution in [0.4, 0.5) is 0 Å². The number of ether oxygens (including phenoxy) is 1. The molecule has 1 saturated heterocycles. The van der Waals surface area contributed by atoms with Crippen LogP contribution >= 0.6 is 0 Å². The Morgan fingerprint density at radius 3 is 2.35 bits per heavy atom. The smallest absolute Gasteiger partial charge is 0.243 e. The molecule has 8 heteroatoms. The van der Waals surface area contributed by atoms with Crippen LogP contribution < -0.4 is 10.1 Å². The zero-order valence-corrected chi connectivity index (χ0v) is 16.2. The Balaban J connectivity index is 1.58. The van der Waals surface area contributed by atoms with Crippen LogP contribution in [0, 0.1) is 0 Å². The van der Waals surface area contributed by atoms with Crippen molar-refractivity contribution in [2.75, 3.05) is 32.8 Å². The molecule has 1 aliphatic carbocycles. The summed E-state index contributed by atoms with van der Waals surface area (Å²) >= 11 is 0. The second-order valence-electron chi connectivity index (χ2n) is 6.80. The summed E-state index contributed by atoms with van der Waals surface area (Å²) in [7, 11) is -3.52. The fraction of sp³-hybridized carbons (Fsp3) is 0.611. The maximum atomic E-state index is 12.8. The molecule has 1 saturated carbocycles. The Labute approximate surface area is 155 Å². The third-order valence-electron chi connectivity index (χ3n) is 4.90. The summed E-state index contributed by atoms with van der Waals surface area (Å²) in [4.78, 5) is 14.5. The van der Waals surface area contributed by atoms with Gasteiger partial charge in [-0.15, -0.1) is 0 Å².